The summed E-state index contributed by atoms with van der Waals surface area (Å²) in [4.78, 5) is 0. The van der Waals surface area contributed by atoms with Crippen LogP contribution in [0.3, 0.4) is 0 Å². The van der Waals surface area contributed by atoms with Crippen molar-refractivity contribution < 1.29 is 0 Å². The molecule has 1 aliphatic rings. The number of thiol groups is 2. The molecule has 1 rings (SSSR count). The fourth-order valence-corrected chi connectivity index (χ4v) is 10.4. The predicted molar refractivity (Wildman–Crippen MR) is 100 cm³/mol. The number of rotatable bonds is 8. The first-order valence-corrected chi connectivity index (χ1v) is 12.5. The third-order valence-electron chi connectivity index (χ3n) is 1.69. The Hall–Kier alpha value is 2.80. The van der Waals surface area contributed by atoms with Crippen molar-refractivity contribution in [3.63, 3.8) is 0 Å². The van der Waals surface area contributed by atoms with E-state index in [9.17, 15) is 0 Å². The molecule has 0 nitrogen and oxygen atoms in total. The Bertz CT molecular complexity index is 140. The fourth-order valence-electron chi connectivity index (χ4n) is 0.983. The first kappa shape index (κ1) is 16.9. The lowest BCUT2D eigenvalue weighted by Crippen LogP contribution is -2.17. The summed E-state index contributed by atoms with van der Waals surface area (Å²) in [6, 6.07) is 0. The minimum absolute atomic E-state index is 0.798. The van der Waals surface area contributed by atoms with Crippen LogP contribution in [0.25, 0.3) is 0 Å². The van der Waals surface area contributed by atoms with Crippen LogP contribution in [0.15, 0.2) is 0 Å². The average Bonchev–Trinajstić information content (AvgIpc) is 2.32. The Balaban J connectivity index is 2.00. The number of hydrogen-bond donors (Lipinski definition) is 2. The van der Waals surface area contributed by atoms with E-state index in [0.717, 1.165) is 19.3 Å². The number of thioether (sulfide) groups is 6. The van der Waals surface area contributed by atoms with Crippen molar-refractivity contribution in [1.82, 2.24) is 0 Å². The SMILES string of the molecule is SCSCSC1CSC(SCSCS)CS1. The Morgan fingerprint density at radius 2 is 1.31 bits per heavy atom. The van der Waals surface area contributed by atoms with Crippen LogP contribution in [0.5, 0.6) is 0 Å². The lowest BCUT2D eigenvalue weighted by molar-refractivity contribution is 1.33. The van der Waals surface area contributed by atoms with Crippen molar-refractivity contribution in [3.8, 4) is 0 Å². The van der Waals surface area contributed by atoms with Gasteiger partial charge in [0, 0.05) is 31.8 Å². The molecule has 2 atom stereocenters. The molecule has 1 saturated heterocycles. The second-order valence-electron chi connectivity index (χ2n) is 2.76. The van der Waals surface area contributed by atoms with Gasteiger partial charge in [-0.3, -0.25) is 0 Å². The second kappa shape index (κ2) is 11.6. The largest absolute Gasteiger partial charge is 0.168 e. The lowest BCUT2D eigenvalue weighted by Gasteiger charge is -2.26. The van der Waals surface area contributed by atoms with E-state index >= 15 is 0 Å². The lowest BCUT2D eigenvalue weighted by atomic mass is 10.9. The van der Waals surface area contributed by atoms with Crippen LogP contribution in [0.1, 0.15) is 0 Å². The molecule has 0 aromatic carbocycles. The summed E-state index contributed by atoms with van der Waals surface area (Å²) in [5.41, 5.74) is 0. The topological polar surface area (TPSA) is 0 Å². The molecule has 8 heteroatoms. The molecule has 96 valence electrons. The highest BCUT2D eigenvalue weighted by Crippen LogP contribution is 2.41. The molecule has 0 bridgehead atoms. The van der Waals surface area contributed by atoms with E-state index in [4.69, 9.17) is 0 Å². The van der Waals surface area contributed by atoms with E-state index in [1.54, 1.807) is 0 Å². The minimum atomic E-state index is 0.798. The highest BCUT2D eigenvalue weighted by Gasteiger charge is 2.22. The summed E-state index contributed by atoms with van der Waals surface area (Å²) in [6.07, 6.45) is 0. The van der Waals surface area contributed by atoms with E-state index in [1.165, 1.54) is 21.7 Å². The van der Waals surface area contributed by atoms with Gasteiger partial charge in [0.05, 0.1) is 9.16 Å². The maximum Gasteiger partial charge on any atom is 0.0602 e. The molecule has 1 aliphatic heterocycles. The van der Waals surface area contributed by atoms with Crippen molar-refractivity contribution in [2.75, 3.05) is 31.8 Å². The van der Waals surface area contributed by atoms with Crippen molar-refractivity contribution in [3.05, 3.63) is 0 Å². The smallest absolute Gasteiger partial charge is 0.0602 e. The monoisotopic (exact) mass is 368 g/mol. The predicted octanol–water partition coefficient (Wildman–Crippen LogP) is 4.74. The summed E-state index contributed by atoms with van der Waals surface area (Å²) in [5.74, 6) is 2.59. The van der Waals surface area contributed by atoms with E-state index < -0.39 is 0 Å². The van der Waals surface area contributed by atoms with Gasteiger partial charge in [-0.05, 0) is 0 Å². The molecule has 0 amide bonds. The molecular formula is C8H16S8. The molecular weight excluding hydrogens is 353 g/mol. The van der Waals surface area contributed by atoms with Crippen LogP contribution in [0.2, 0.25) is 0 Å². The van der Waals surface area contributed by atoms with Crippen molar-refractivity contribution in [1.29, 1.82) is 0 Å². The fraction of sp³-hybridized carbons (Fsp3) is 1.00. The molecule has 0 saturated carbocycles. The molecule has 0 aromatic rings. The van der Waals surface area contributed by atoms with E-state index in [2.05, 4.69) is 72.3 Å². The molecule has 1 heterocycles. The Morgan fingerprint density at radius 1 is 0.875 bits per heavy atom. The van der Waals surface area contributed by atoms with E-state index in [1.807, 2.05) is 23.5 Å². The first-order chi connectivity index (χ1) is 7.86. The molecule has 2 unspecified atom stereocenters. The third-order valence-corrected chi connectivity index (χ3v) is 11.3. The molecule has 0 radical (unpaired) electrons. The maximum absolute atomic E-state index is 4.21. The number of hydrogen-bond acceptors (Lipinski definition) is 8. The van der Waals surface area contributed by atoms with Gasteiger partial charge in [-0.15, -0.1) is 70.6 Å². The summed E-state index contributed by atoms with van der Waals surface area (Å²) >= 11 is 20.7. The zero-order valence-electron chi connectivity index (χ0n) is 8.74. The second-order valence-corrected chi connectivity index (χ2v) is 12.4. The van der Waals surface area contributed by atoms with Crippen LogP contribution in [0.4, 0.5) is 0 Å². The van der Waals surface area contributed by atoms with Gasteiger partial charge < -0.3 is 0 Å². The van der Waals surface area contributed by atoms with Gasteiger partial charge in [0.2, 0.25) is 0 Å². The van der Waals surface area contributed by atoms with E-state index in [0.29, 0.717) is 0 Å². The van der Waals surface area contributed by atoms with Gasteiger partial charge in [0.15, 0.2) is 0 Å². The summed E-state index contributed by atoms with van der Waals surface area (Å²) in [5, 5.41) is 4.26. The average molecular weight is 369 g/mol. The molecule has 1 fully saturated rings. The summed E-state index contributed by atoms with van der Waals surface area (Å²) < 4.78 is 1.60. The molecule has 16 heavy (non-hydrogen) atoms. The standard InChI is InChI=1S/C8H16S8/c9-3-11-5-15-7-1-13-8(2-14-7)16-6-12-4-10/h7-10H,1-6H2. The highest BCUT2D eigenvalue weighted by molar-refractivity contribution is 8.29. The van der Waals surface area contributed by atoms with Crippen LogP contribution in [-0.2, 0) is 0 Å². The molecule has 0 spiro atoms. The van der Waals surface area contributed by atoms with Crippen LogP contribution >= 0.6 is 95.8 Å². The maximum atomic E-state index is 4.21. The van der Waals surface area contributed by atoms with Crippen LogP contribution in [0, 0.1) is 0 Å². The Labute approximate surface area is 135 Å². The van der Waals surface area contributed by atoms with Crippen LogP contribution < -0.4 is 0 Å². The van der Waals surface area contributed by atoms with Crippen molar-refractivity contribution in [2.45, 2.75) is 9.16 Å². The van der Waals surface area contributed by atoms with E-state index in [-0.39, 0.29) is 0 Å². The summed E-state index contributed by atoms with van der Waals surface area (Å²) in [7, 11) is 0. The zero-order chi connectivity index (χ0) is 11.6. The molecule has 0 N–H and O–H groups in total. The zero-order valence-corrected chi connectivity index (χ0v) is 15.4. The van der Waals surface area contributed by atoms with Gasteiger partial charge in [0.25, 0.3) is 0 Å². The van der Waals surface area contributed by atoms with Gasteiger partial charge in [-0.25, -0.2) is 0 Å². The highest BCUT2D eigenvalue weighted by atomic mass is 32.3. The quantitative estimate of drug-likeness (QED) is 0.358. The minimum Gasteiger partial charge on any atom is -0.168 e. The first-order valence-electron chi connectivity index (χ1n) is 4.70. The van der Waals surface area contributed by atoms with Gasteiger partial charge in [-0.1, -0.05) is 0 Å². The van der Waals surface area contributed by atoms with Gasteiger partial charge in [-0.2, -0.15) is 25.3 Å². The third kappa shape index (κ3) is 8.07. The Kier molecular flexibility index (Phi) is 12.2. The van der Waals surface area contributed by atoms with Gasteiger partial charge >= 0.3 is 0 Å². The van der Waals surface area contributed by atoms with Crippen molar-refractivity contribution in [2.24, 2.45) is 0 Å². The molecule has 0 aliphatic carbocycles. The Morgan fingerprint density at radius 3 is 1.62 bits per heavy atom. The van der Waals surface area contributed by atoms with Gasteiger partial charge in [0.1, 0.15) is 0 Å². The summed E-state index contributed by atoms with van der Waals surface area (Å²) in [6.45, 7) is 0. The van der Waals surface area contributed by atoms with Crippen molar-refractivity contribution >= 4 is 95.8 Å². The normalized spacial score (nSPS) is 25.9. The molecule has 0 aromatic heterocycles. The van der Waals surface area contributed by atoms with Crippen LogP contribution in [-0.4, -0.2) is 41.0 Å².